The number of methoxy groups -OCH3 is 1. The van der Waals surface area contributed by atoms with Crippen molar-refractivity contribution >= 4 is 31.3 Å². The molecule has 1 aliphatic rings. The second-order valence-electron chi connectivity index (χ2n) is 6.09. The second-order valence-corrected chi connectivity index (χ2v) is 8.37. The molecule has 1 aliphatic heterocycles. The van der Waals surface area contributed by atoms with Crippen molar-refractivity contribution in [2.24, 2.45) is 0 Å². The summed E-state index contributed by atoms with van der Waals surface area (Å²) in [5.41, 5.74) is 3.13. The third-order valence-electron chi connectivity index (χ3n) is 4.30. The number of hydrogen-bond acceptors (Lipinski definition) is 2. The van der Waals surface area contributed by atoms with Crippen molar-refractivity contribution in [3.05, 3.63) is 94.2 Å². The fourth-order valence-electron chi connectivity index (χ4n) is 2.91. The van der Waals surface area contributed by atoms with Crippen LogP contribution in [-0.4, -0.2) is 27.8 Å². The molecule has 128 valence electrons. The van der Waals surface area contributed by atoms with E-state index in [-0.39, 0.29) is 20.7 Å². The van der Waals surface area contributed by atoms with E-state index in [4.69, 9.17) is 4.74 Å². The van der Waals surface area contributed by atoms with Gasteiger partial charge in [-0.05, 0) is 0 Å². The van der Waals surface area contributed by atoms with E-state index >= 15 is 0 Å². The predicted octanol–water partition coefficient (Wildman–Crippen LogP) is 2.60. The van der Waals surface area contributed by atoms with Crippen molar-refractivity contribution in [1.29, 1.82) is 0 Å². The van der Waals surface area contributed by atoms with Crippen LogP contribution in [0.3, 0.4) is 0 Å². The Balaban J connectivity index is 1.53. The molecule has 0 bridgehead atoms. The van der Waals surface area contributed by atoms with Crippen molar-refractivity contribution in [3.8, 4) is 5.75 Å². The summed E-state index contributed by atoms with van der Waals surface area (Å²) in [7, 11) is 1.65. The van der Waals surface area contributed by atoms with E-state index in [2.05, 4.69) is 53.4 Å². The standard InChI is InChI=1S/C22H18NO2Se/c1-25-18-7-8-19-20(14-18)26-21(22(19)24)13-16-9-11-23(12-10-16)15-17-5-3-2-4-6-17/h2-14H,15H2,1H3/q+1/b21-13-. The van der Waals surface area contributed by atoms with Gasteiger partial charge < -0.3 is 0 Å². The SMILES string of the molecule is COc1ccc2c(c1)[Se]/C(=C\c1cc[n+](Cc3ccccc3)cc1)C2=O. The molecule has 0 radical (unpaired) electrons. The quantitative estimate of drug-likeness (QED) is 0.378. The number of fused-ring (bicyclic) bond motifs is 1. The van der Waals surface area contributed by atoms with Gasteiger partial charge in [0.2, 0.25) is 0 Å². The zero-order valence-corrected chi connectivity index (χ0v) is 16.1. The minimum absolute atomic E-state index is 0.0246. The van der Waals surface area contributed by atoms with E-state index in [1.807, 2.05) is 30.3 Å². The molecule has 3 nitrogen and oxygen atoms in total. The summed E-state index contributed by atoms with van der Waals surface area (Å²) >= 11 is 0.0246. The van der Waals surface area contributed by atoms with Gasteiger partial charge in [0.15, 0.2) is 0 Å². The van der Waals surface area contributed by atoms with E-state index in [1.165, 1.54) is 5.56 Å². The Morgan fingerprint density at radius 3 is 2.54 bits per heavy atom. The number of benzene rings is 2. The zero-order chi connectivity index (χ0) is 17.9. The van der Waals surface area contributed by atoms with Gasteiger partial charge in [-0.15, -0.1) is 0 Å². The van der Waals surface area contributed by atoms with Gasteiger partial charge in [-0.25, -0.2) is 0 Å². The molecule has 0 amide bonds. The second kappa shape index (κ2) is 7.28. The number of allylic oxidation sites excluding steroid dienone is 1. The Morgan fingerprint density at radius 2 is 1.81 bits per heavy atom. The Morgan fingerprint density at radius 1 is 1.04 bits per heavy atom. The van der Waals surface area contributed by atoms with Crippen molar-refractivity contribution in [2.45, 2.75) is 6.54 Å². The van der Waals surface area contributed by atoms with Gasteiger partial charge in [0.25, 0.3) is 0 Å². The van der Waals surface area contributed by atoms with Crippen LogP contribution in [0.4, 0.5) is 0 Å². The number of ketones is 1. The number of Topliss-reactive ketones (excluding diaryl/α,β-unsaturated/α-hetero) is 1. The molecule has 0 unspecified atom stereocenters. The molecule has 0 atom stereocenters. The fraction of sp³-hybridized carbons (Fsp3) is 0.0909. The van der Waals surface area contributed by atoms with E-state index < -0.39 is 0 Å². The van der Waals surface area contributed by atoms with Crippen LogP contribution in [0.2, 0.25) is 0 Å². The number of aromatic nitrogens is 1. The van der Waals surface area contributed by atoms with Crippen LogP contribution in [0.15, 0.2) is 77.5 Å². The first-order valence-corrected chi connectivity index (χ1v) is 10.1. The molecule has 0 N–H and O–H groups in total. The number of pyridine rings is 1. The fourth-order valence-corrected chi connectivity index (χ4v) is 5.18. The number of ether oxygens (including phenoxy) is 1. The van der Waals surface area contributed by atoms with Crippen LogP contribution in [0.5, 0.6) is 5.75 Å². The van der Waals surface area contributed by atoms with Gasteiger partial charge >= 0.3 is 159 Å². The van der Waals surface area contributed by atoms with Crippen molar-refractivity contribution in [1.82, 2.24) is 0 Å². The summed E-state index contributed by atoms with van der Waals surface area (Å²) < 4.78 is 9.39. The van der Waals surface area contributed by atoms with Crippen LogP contribution in [-0.2, 0) is 6.54 Å². The molecule has 2 heterocycles. The summed E-state index contributed by atoms with van der Waals surface area (Å²) in [6.45, 7) is 0.839. The Bertz CT molecular complexity index is 979. The molecule has 1 aromatic heterocycles. The summed E-state index contributed by atoms with van der Waals surface area (Å²) in [4.78, 5) is 12.6. The molecular weight excluding hydrogens is 389 g/mol. The summed E-state index contributed by atoms with van der Waals surface area (Å²) in [5.74, 6) is 0.949. The van der Waals surface area contributed by atoms with E-state index in [1.54, 1.807) is 7.11 Å². The van der Waals surface area contributed by atoms with Crippen LogP contribution >= 0.6 is 0 Å². The summed E-state index contributed by atoms with van der Waals surface area (Å²) in [6.07, 6.45) is 6.13. The van der Waals surface area contributed by atoms with Crippen molar-refractivity contribution in [3.63, 3.8) is 0 Å². The molecule has 3 aromatic rings. The third kappa shape index (κ3) is 3.48. The number of rotatable bonds is 4. The first-order valence-electron chi connectivity index (χ1n) is 8.38. The van der Waals surface area contributed by atoms with Gasteiger partial charge in [0.1, 0.15) is 0 Å². The van der Waals surface area contributed by atoms with Crippen LogP contribution < -0.4 is 13.8 Å². The van der Waals surface area contributed by atoms with Gasteiger partial charge in [0, 0.05) is 0 Å². The number of hydrogen-bond donors (Lipinski definition) is 0. The van der Waals surface area contributed by atoms with E-state index in [9.17, 15) is 4.79 Å². The zero-order valence-electron chi connectivity index (χ0n) is 14.4. The molecule has 2 aromatic carbocycles. The van der Waals surface area contributed by atoms with Gasteiger partial charge in [-0.3, -0.25) is 0 Å². The third-order valence-corrected chi connectivity index (χ3v) is 6.57. The molecule has 0 fully saturated rings. The Kier molecular flexibility index (Phi) is 4.70. The van der Waals surface area contributed by atoms with E-state index in [0.717, 1.165) is 32.4 Å². The molecule has 0 saturated heterocycles. The average molecular weight is 407 g/mol. The van der Waals surface area contributed by atoms with Crippen molar-refractivity contribution in [2.75, 3.05) is 7.11 Å². The molecule has 0 spiro atoms. The molecule has 4 rings (SSSR count). The van der Waals surface area contributed by atoms with Crippen LogP contribution in [0.1, 0.15) is 21.5 Å². The maximum atomic E-state index is 12.6. The number of carbonyl (C=O) groups is 1. The summed E-state index contributed by atoms with van der Waals surface area (Å²) in [5, 5.41) is 0. The normalized spacial score (nSPS) is 14.5. The van der Waals surface area contributed by atoms with Crippen molar-refractivity contribution < 1.29 is 14.1 Å². The monoisotopic (exact) mass is 408 g/mol. The predicted molar refractivity (Wildman–Crippen MR) is 103 cm³/mol. The summed E-state index contributed by atoms with van der Waals surface area (Å²) in [6, 6.07) is 20.2. The van der Waals surface area contributed by atoms with E-state index in [0.29, 0.717) is 0 Å². The van der Waals surface area contributed by atoms with Gasteiger partial charge in [0.05, 0.1) is 0 Å². The molecule has 26 heavy (non-hydrogen) atoms. The minimum atomic E-state index is 0.0246. The van der Waals surface area contributed by atoms with Gasteiger partial charge in [-0.1, -0.05) is 0 Å². The van der Waals surface area contributed by atoms with Crippen LogP contribution in [0.25, 0.3) is 6.08 Å². The maximum absolute atomic E-state index is 12.6. The van der Waals surface area contributed by atoms with Crippen LogP contribution in [0, 0.1) is 0 Å². The molecule has 4 heteroatoms. The molecular formula is C22H18NO2Se+. The first-order chi connectivity index (χ1) is 12.7. The average Bonchev–Trinajstić information content (AvgIpc) is 2.99. The topological polar surface area (TPSA) is 30.2 Å². The van der Waals surface area contributed by atoms with Gasteiger partial charge in [-0.2, -0.15) is 0 Å². The Hall–Kier alpha value is -2.68. The first kappa shape index (κ1) is 16.8. The molecule has 0 saturated carbocycles. The number of nitrogens with zero attached hydrogens (tertiary/aromatic N) is 1. The Labute approximate surface area is 159 Å². The number of carbonyl (C=O) groups excluding carboxylic acids is 1. The molecule has 0 aliphatic carbocycles.